The molecule has 2 rings (SSSR count). The first kappa shape index (κ1) is 19.3. The van der Waals surface area contributed by atoms with Crippen LogP contribution in [0.2, 0.25) is 10.0 Å². The number of aromatic carboxylic acids is 1. The fourth-order valence-corrected chi connectivity index (χ4v) is 5.69. The first-order valence-electron chi connectivity index (χ1n) is 7.11. The van der Waals surface area contributed by atoms with Crippen LogP contribution in [0.5, 0.6) is 0 Å². The summed E-state index contributed by atoms with van der Waals surface area (Å²) in [5.74, 6) is -1.06. The minimum absolute atomic E-state index is 0.132. The molecule has 1 heterocycles. The largest absolute Gasteiger partial charge is 0.477 e. The molecule has 0 saturated heterocycles. The van der Waals surface area contributed by atoms with Gasteiger partial charge in [0.1, 0.15) is 4.88 Å². The van der Waals surface area contributed by atoms with E-state index in [1.807, 2.05) is 20.8 Å². The molecule has 0 fully saturated rings. The third-order valence-electron chi connectivity index (χ3n) is 3.37. The Morgan fingerprint density at radius 1 is 1.25 bits per heavy atom. The zero-order chi connectivity index (χ0) is 18.3. The van der Waals surface area contributed by atoms with Crippen molar-refractivity contribution in [1.82, 2.24) is 0 Å². The van der Waals surface area contributed by atoms with E-state index in [2.05, 4.69) is 5.09 Å². The average Bonchev–Trinajstić information content (AvgIpc) is 2.81. The molecule has 1 unspecified atom stereocenters. The molecule has 2 N–H and O–H groups in total. The third kappa shape index (κ3) is 4.15. The molecule has 0 amide bonds. The van der Waals surface area contributed by atoms with Gasteiger partial charge < -0.3 is 10.2 Å². The van der Waals surface area contributed by atoms with Crippen molar-refractivity contribution in [2.75, 3.05) is 11.8 Å². The zero-order valence-corrected chi connectivity index (χ0v) is 16.9. The van der Waals surface area contributed by atoms with Gasteiger partial charge >= 0.3 is 5.97 Å². The van der Waals surface area contributed by atoms with Crippen molar-refractivity contribution in [3.8, 4) is 0 Å². The van der Waals surface area contributed by atoms with Crippen LogP contribution < -0.4 is 10.4 Å². The summed E-state index contributed by atoms with van der Waals surface area (Å²) in [4.78, 5) is 12.6. The Balaban J connectivity index is 2.47. The molecular formula is C16H18Cl2NO3PS. The van der Waals surface area contributed by atoms with E-state index in [1.54, 1.807) is 18.2 Å². The van der Waals surface area contributed by atoms with Crippen molar-refractivity contribution in [1.29, 1.82) is 0 Å². The van der Waals surface area contributed by atoms with Crippen molar-refractivity contribution in [3.63, 3.8) is 0 Å². The van der Waals surface area contributed by atoms with Gasteiger partial charge in [-0.1, -0.05) is 44.0 Å². The first-order valence-corrected chi connectivity index (χ1v) is 10.8. The van der Waals surface area contributed by atoms with Gasteiger partial charge in [-0.3, -0.25) is 4.57 Å². The maximum Gasteiger partial charge on any atom is 0.348 e. The van der Waals surface area contributed by atoms with E-state index >= 15 is 0 Å². The molecule has 0 aliphatic carbocycles. The van der Waals surface area contributed by atoms with E-state index in [-0.39, 0.29) is 15.3 Å². The minimum atomic E-state index is -3.13. The lowest BCUT2D eigenvalue weighted by molar-refractivity contribution is 0.0703. The second-order valence-electron chi connectivity index (χ2n) is 6.54. The Morgan fingerprint density at radius 3 is 2.38 bits per heavy atom. The van der Waals surface area contributed by atoms with Crippen LogP contribution in [0.25, 0.3) is 0 Å². The van der Waals surface area contributed by atoms with Crippen LogP contribution in [0.1, 0.15) is 35.3 Å². The predicted molar refractivity (Wildman–Crippen MR) is 103 cm³/mol. The van der Waals surface area contributed by atoms with Crippen LogP contribution in [0.3, 0.4) is 0 Å². The third-order valence-corrected chi connectivity index (χ3v) is 7.57. The summed E-state index contributed by atoms with van der Waals surface area (Å²) >= 11 is 13.2. The number of thiophene rings is 1. The topological polar surface area (TPSA) is 66.4 Å². The van der Waals surface area contributed by atoms with E-state index in [0.29, 0.717) is 16.0 Å². The summed E-state index contributed by atoms with van der Waals surface area (Å²) in [6.45, 7) is 7.50. The summed E-state index contributed by atoms with van der Waals surface area (Å²) in [6, 6.07) is 6.46. The number of carboxylic acids is 1. The van der Waals surface area contributed by atoms with Gasteiger partial charge in [0.15, 0.2) is 7.29 Å². The Bertz CT molecular complexity index is 842. The van der Waals surface area contributed by atoms with Crippen LogP contribution in [0, 0.1) is 0 Å². The zero-order valence-electron chi connectivity index (χ0n) is 13.7. The summed E-state index contributed by atoms with van der Waals surface area (Å²) < 4.78 is 13.1. The molecule has 8 heteroatoms. The molecule has 1 aromatic carbocycles. The van der Waals surface area contributed by atoms with E-state index < -0.39 is 13.3 Å². The number of carboxylic acid groups (broad SMARTS) is 1. The maximum absolute atomic E-state index is 13.1. The molecule has 0 bridgehead atoms. The Kier molecular flexibility index (Phi) is 5.41. The smallest absolute Gasteiger partial charge is 0.348 e. The van der Waals surface area contributed by atoms with Gasteiger partial charge in [-0.2, -0.15) is 0 Å². The standard InChI is InChI=1S/C16H18Cl2NO3PS/c1-16(2,3)13-8-11(14(24-13)15(20)21)19-23(4,22)12-6-5-9(17)7-10(12)18/h5-8H,1-4H3,(H,19,22)(H,20,21). The molecule has 0 saturated carbocycles. The average molecular weight is 406 g/mol. The molecule has 0 radical (unpaired) electrons. The minimum Gasteiger partial charge on any atom is -0.477 e. The Hall–Kier alpha value is -1.00. The normalized spacial score (nSPS) is 14.2. The molecule has 24 heavy (non-hydrogen) atoms. The quantitative estimate of drug-likeness (QED) is 0.640. The van der Waals surface area contributed by atoms with Crippen molar-refractivity contribution >= 4 is 58.8 Å². The first-order chi connectivity index (χ1) is 10.9. The molecule has 0 aliphatic heterocycles. The summed E-state index contributed by atoms with van der Waals surface area (Å²) in [5, 5.41) is 13.5. The lowest BCUT2D eigenvalue weighted by Gasteiger charge is -2.18. The SMILES string of the molecule is CC(C)(C)c1cc(NP(C)(=O)c2ccc(Cl)cc2Cl)c(C(=O)O)s1. The van der Waals surface area contributed by atoms with E-state index in [0.717, 1.165) is 4.88 Å². The number of benzene rings is 1. The predicted octanol–water partition coefficient (Wildman–Crippen LogP) is 5.70. The lowest BCUT2D eigenvalue weighted by Crippen LogP contribution is -2.13. The van der Waals surface area contributed by atoms with Crippen molar-refractivity contribution < 1.29 is 14.5 Å². The summed E-state index contributed by atoms with van der Waals surface area (Å²) in [5.41, 5.74) is 0.138. The Labute approximate surface area is 155 Å². The number of hydrogen-bond acceptors (Lipinski definition) is 3. The van der Waals surface area contributed by atoms with Crippen LogP contribution in [0.4, 0.5) is 5.69 Å². The second kappa shape index (κ2) is 6.72. The lowest BCUT2D eigenvalue weighted by atomic mass is 9.95. The highest BCUT2D eigenvalue weighted by Crippen LogP contribution is 2.46. The van der Waals surface area contributed by atoms with E-state index in [4.69, 9.17) is 23.2 Å². The molecular weight excluding hydrogens is 388 g/mol. The van der Waals surface area contributed by atoms with E-state index in [9.17, 15) is 14.5 Å². The monoisotopic (exact) mass is 405 g/mol. The fourth-order valence-electron chi connectivity index (χ4n) is 2.12. The number of carbonyl (C=O) groups is 1. The molecule has 1 atom stereocenters. The van der Waals surface area contributed by atoms with Gasteiger partial charge in [0, 0.05) is 21.9 Å². The molecule has 130 valence electrons. The van der Waals surface area contributed by atoms with Crippen LogP contribution in [-0.4, -0.2) is 17.7 Å². The number of halogens is 2. The number of hydrogen-bond donors (Lipinski definition) is 2. The van der Waals surface area contributed by atoms with E-state index in [1.165, 1.54) is 24.1 Å². The van der Waals surface area contributed by atoms with Crippen LogP contribution >= 0.6 is 41.8 Å². The van der Waals surface area contributed by atoms with Crippen molar-refractivity contribution in [3.05, 3.63) is 44.1 Å². The highest BCUT2D eigenvalue weighted by Gasteiger charge is 2.28. The van der Waals surface area contributed by atoms with Gasteiger partial charge in [0.2, 0.25) is 0 Å². The molecule has 1 aromatic heterocycles. The Morgan fingerprint density at radius 2 is 1.88 bits per heavy atom. The van der Waals surface area contributed by atoms with Gasteiger partial charge in [-0.25, -0.2) is 4.79 Å². The van der Waals surface area contributed by atoms with Crippen molar-refractivity contribution in [2.45, 2.75) is 26.2 Å². The molecule has 0 aliphatic rings. The number of rotatable bonds is 4. The highest BCUT2D eigenvalue weighted by atomic mass is 35.5. The summed E-state index contributed by atoms with van der Waals surface area (Å²) in [7, 11) is -3.13. The van der Waals surface area contributed by atoms with Crippen LogP contribution in [-0.2, 0) is 9.98 Å². The van der Waals surface area contributed by atoms with Crippen LogP contribution in [0.15, 0.2) is 24.3 Å². The molecule has 2 aromatic rings. The second-order valence-corrected chi connectivity index (χ2v) is 11.0. The molecule has 0 spiro atoms. The van der Waals surface area contributed by atoms with Gasteiger partial charge in [0.25, 0.3) is 0 Å². The molecule has 4 nitrogen and oxygen atoms in total. The van der Waals surface area contributed by atoms with Gasteiger partial charge in [-0.15, -0.1) is 11.3 Å². The number of anilines is 1. The maximum atomic E-state index is 13.1. The van der Waals surface area contributed by atoms with Gasteiger partial charge in [0.05, 0.1) is 10.7 Å². The van der Waals surface area contributed by atoms with Crippen molar-refractivity contribution in [2.24, 2.45) is 0 Å². The fraction of sp³-hybridized carbons (Fsp3) is 0.312. The van der Waals surface area contributed by atoms with Gasteiger partial charge in [-0.05, 0) is 29.7 Å². The summed E-state index contributed by atoms with van der Waals surface area (Å²) in [6.07, 6.45) is 0. The highest BCUT2D eigenvalue weighted by molar-refractivity contribution is 7.72. The number of nitrogens with one attached hydrogen (secondary N) is 1.